The van der Waals surface area contributed by atoms with Crippen LogP contribution in [0.25, 0.3) is 0 Å². The van der Waals surface area contributed by atoms with E-state index in [1.54, 1.807) is 0 Å². The molecule has 0 amide bonds. The second-order valence-electron chi connectivity index (χ2n) is 4.25. The van der Waals surface area contributed by atoms with E-state index in [1.807, 2.05) is 6.92 Å². The van der Waals surface area contributed by atoms with Gasteiger partial charge in [-0.3, -0.25) is 0 Å². The summed E-state index contributed by atoms with van der Waals surface area (Å²) in [4.78, 5) is 7.23. The van der Waals surface area contributed by atoms with Gasteiger partial charge in [0.2, 0.25) is 5.95 Å². The molecule has 1 saturated heterocycles. The van der Waals surface area contributed by atoms with Gasteiger partial charge in [0.1, 0.15) is 5.69 Å². The molecule has 1 aromatic rings. The van der Waals surface area contributed by atoms with E-state index in [1.165, 1.54) is 0 Å². The van der Waals surface area contributed by atoms with Crippen LogP contribution in [0.3, 0.4) is 0 Å². The maximum Gasteiger partial charge on any atom is 0.433 e. The molecular weight excluding hydrogens is 235 g/mol. The van der Waals surface area contributed by atoms with E-state index in [2.05, 4.69) is 15.3 Å². The largest absolute Gasteiger partial charge is 0.433 e. The van der Waals surface area contributed by atoms with Gasteiger partial charge in [-0.2, -0.15) is 13.2 Å². The van der Waals surface area contributed by atoms with Crippen molar-refractivity contribution in [3.8, 4) is 0 Å². The highest BCUT2D eigenvalue weighted by Gasteiger charge is 2.34. The van der Waals surface area contributed by atoms with Crippen molar-refractivity contribution in [3.05, 3.63) is 18.0 Å². The lowest BCUT2D eigenvalue weighted by molar-refractivity contribution is -0.141. The van der Waals surface area contributed by atoms with Gasteiger partial charge in [-0.15, -0.1) is 0 Å². The Hall–Kier alpha value is -1.37. The number of anilines is 1. The molecule has 0 saturated carbocycles. The first-order chi connectivity index (χ1) is 7.89. The highest BCUT2D eigenvalue weighted by molar-refractivity contribution is 5.30. The molecule has 94 valence electrons. The molecule has 2 rings (SSSR count). The maximum atomic E-state index is 12.4. The Morgan fingerprint density at radius 3 is 2.82 bits per heavy atom. The maximum absolute atomic E-state index is 12.4. The summed E-state index contributed by atoms with van der Waals surface area (Å²) in [7, 11) is 0. The van der Waals surface area contributed by atoms with E-state index in [4.69, 9.17) is 4.74 Å². The zero-order valence-corrected chi connectivity index (χ0v) is 9.21. The molecule has 17 heavy (non-hydrogen) atoms. The van der Waals surface area contributed by atoms with Crippen LogP contribution in [-0.4, -0.2) is 28.7 Å². The molecule has 1 aliphatic rings. The summed E-state index contributed by atoms with van der Waals surface area (Å²) in [6.45, 7) is 2.89. The van der Waals surface area contributed by atoms with Crippen LogP contribution in [0.4, 0.5) is 19.1 Å². The van der Waals surface area contributed by atoms with Crippen molar-refractivity contribution in [3.63, 3.8) is 0 Å². The summed E-state index contributed by atoms with van der Waals surface area (Å²) in [5.41, 5.74) is -1.35. The lowest BCUT2D eigenvalue weighted by atomic mass is 10.0. The van der Waals surface area contributed by atoms with E-state index in [0.29, 0.717) is 19.6 Å². The van der Waals surface area contributed by atoms with Crippen LogP contribution in [0.15, 0.2) is 12.3 Å². The molecule has 4 nitrogen and oxygen atoms in total. The molecule has 0 aromatic carbocycles. The number of nitrogens with one attached hydrogen (secondary N) is 1. The van der Waals surface area contributed by atoms with E-state index in [-0.39, 0.29) is 5.95 Å². The molecular formula is C10H12F3N3O. The highest BCUT2D eigenvalue weighted by Crippen LogP contribution is 2.28. The molecule has 1 fully saturated rings. The quantitative estimate of drug-likeness (QED) is 0.869. The summed E-state index contributed by atoms with van der Waals surface area (Å²) in [6, 6.07) is 0.846. The second-order valence-corrected chi connectivity index (χ2v) is 4.25. The van der Waals surface area contributed by atoms with Crippen molar-refractivity contribution in [1.82, 2.24) is 9.97 Å². The summed E-state index contributed by atoms with van der Waals surface area (Å²) < 4.78 is 42.5. The lowest BCUT2D eigenvalue weighted by Crippen LogP contribution is -2.36. The SMILES string of the molecule is CC1(Nc2nccc(C(F)(F)F)n2)CCOC1. The van der Waals surface area contributed by atoms with Crippen molar-refractivity contribution in [2.45, 2.75) is 25.1 Å². The highest BCUT2D eigenvalue weighted by atomic mass is 19.4. The standard InChI is InChI=1S/C10H12F3N3O/c1-9(3-5-17-6-9)16-8-14-4-2-7(15-8)10(11,12)13/h2,4H,3,5-6H2,1H3,(H,14,15,16). The van der Waals surface area contributed by atoms with Gasteiger partial charge in [-0.25, -0.2) is 9.97 Å². The van der Waals surface area contributed by atoms with E-state index in [0.717, 1.165) is 12.3 Å². The van der Waals surface area contributed by atoms with Crippen LogP contribution in [0, 0.1) is 0 Å². The average molecular weight is 247 g/mol. The Kier molecular flexibility index (Phi) is 2.94. The van der Waals surface area contributed by atoms with Crippen LogP contribution < -0.4 is 5.32 Å². The van der Waals surface area contributed by atoms with Gasteiger partial charge >= 0.3 is 6.18 Å². The summed E-state index contributed by atoms with van der Waals surface area (Å²) >= 11 is 0. The number of alkyl halides is 3. The van der Waals surface area contributed by atoms with Gasteiger partial charge in [0.25, 0.3) is 0 Å². The fourth-order valence-corrected chi connectivity index (χ4v) is 1.61. The third-order valence-electron chi connectivity index (χ3n) is 2.58. The number of rotatable bonds is 2. The Labute approximate surface area is 96.2 Å². The molecule has 0 aliphatic carbocycles. The smallest absolute Gasteiger partial charge is 0.379 e. The van der Waals surface area contributed by atoms with Gasteiger partial charge in [0, 0.05) is 12.8 Å². The molecule has 0 radical (unpaired) electrons. The van der Waals surface area contributed by atoms with Gasteiger partial charge < -0.3 is 10.1 Å². The predicted octanol–water partition coefficient (Wildman–Crippen LogP) is 2.09. The van der Waals surface area contributed by atoms with Crippen LogP contribution in [0.5, 0.6) is 0 Å². The van der Waals surface area contributed by atoms with Gasteiger partial charge in [0.15, 0.2) is 0 Å². The van der Waals surface area contributed by atoms with E-state index < -0.39 is 17.4 Å². The average Bonchev–Trinajstić information content (AvgIpc) is 2.64. The fraction of sp³-hybridized carbons (Fsp3) is 0.600. The van der Waals surface area contributed by atoms with Gasteiger partial charge in [-0.05, 0) is 19.4 Å². The first kappa shape index (κ1) is 12.1. The first-order valence-electron chi connectivity index (χ1n) is 5.15. The third kappa shape index (κ3) is 2.85. The molecule has 2 heterocycles. The van der Waals surface area contributed by atoms with Crippen molar-refractivity contribution in [2.24, 2.45) is 0 Å². The number of aromatic nitrogens is 2. The minimum Gasteiger partial charge on any atom is -0.379 e. The normalized spacial score (nSPS) is 24.9. The molecule has 1 unspecified atom stereocenters. The topological polar surface area (TPSA) is 47.0 Å². The minimum absolute atomic E-state index is 0.0205. The monoisotopic (exact) mass is 247 g/mol. The zero-order chi connectivity index (χ0) is 12.5. The Morgan fingerprint density at radius 2 is 2.24 bits per heavy atom. The first-order valence-corrected chi connectivity index (χ1v) is 5.15. The molecule has 1 N–H and O–H groups in total. The molecule has 7 heteroatoms. The van der Waals surface area contributed by atoms with E-state index in [9.17, 15) is 13.2 Å². The van der Waals surface area contributed by atoms with Crippen LogP contribution in [-0.2, 0) is 10.9 Å². The minimum atomic E-state index is -4.45. The van der Waals surface area contributed by atoms with Crippen molar-refractivity contribution in [2.75, 3.05) is 18.5 Å². The number of halogens is 3. The van der Waals surface area contributed by atoms with Crippen molar-refractivity contribution < 1.29 is 17.9 Å². The fourth-order valence-electron chi connectivity index (χ4n) is 1.61. The number of hydrogen-bond donors (Lipinski definition) is 1. The number of ether oxygens (including phenoxy) is 1. The summed E-state index contributed by atoms with van der Waals surface area (Å²) in [5.74, 6) is -0.0205. The summed E-state index contributed by atoms with van der Waals surface area (Å²) in [5, 5.41) is 2.88. The summed E-state index contributed by atoms with van der Waals surface area (Å²) in [6.07, 6.45) is -2.64. The molecule has 1 aromatic heterocycles. The Morgan fingerprint density at radius 1 is 1.47 bits per heavy atom. The van der Waals surface area contributed by atoms with Crippen molar-refractivity contribution in [1.29, 1.82) is 0 Å². The number of nitrogens with zero attached hydrogens (tertiary/aromatic N) is 2. The predicted molar refractivity (Wildman–Crippen MR) is 54.5 cm³/mol. The molecule has 1 aliphatic heterocycles. The van der Waals surface area contributed by atoms with Gasteiger partial charge in [-0.1, -0.05) is 0 Å². The second kappa shape index (κ2) is 4.14. The molecule has 0 bridgehead atoms. The lowest BCUT2D eigenvalue weighted by Gasteiger charge is -2.23. The zero-order valence-electron chi connectivity index (χ0n) is 9.21. The Bertz CT molecular complexity index is 402. The molecule has 0 spiro atoms. The number of hydrogen-bond acceptors (Lipinski definition) is 4. The Balaban J connectivity index is 2.17. The van der Waals surface area contributed by atoms with Crippen LogP contribution in [0.2, 0.25) is 0 Å². The van der Waals surface area contributed by atoms with Crippen LogP contribution in [0.1, 0.15) is 19.0 Å². The van der Waals surface area contributed by atoms with Crippen LogP contribution >= 0.6 is 0 Å². The van der Waals surface area contributed by atoms with E-state index >= 15 is 0 Å². The third-order valence-corrected chi connectivity index (χ3v) is 2.58. The van der Waals surface area contributed by atoms with Gasteiger partial charge in [0.05, 0.1) is 12.1 Å². The van der Waals surface area contributed by atoms with Crippen molar-refractivity contribution >= 4 is 5.95 Å². The molecule has 1 atom stereocenters.